The van der Waals surface area contributed by atoms with Gasteiger partial charge in [0.1, 0.15) is 0 Å². The van der Waals surface area contributed by atoms with Crippen molar-refractivity contribution in [1.82, 2.24) is 9.55 Å². The summed E-state index contributed by atoms with van der Waals surface area (Å²) in [6.45, 7) is 2.12. The molecule has 2 aromatic carbocycles. The minimum atomic E-state index is 1.07. The zero-order chi connectivity index (χ0) is 13.0. The number of rotatable bonds is 0. The lowest BCUT2D eigenvalue weighted by molar-refractivity contribution is 0.967. The fraction of sp³-hybridized carbons (Fsp3) is 0.118. The lowest BCUT2D eigenvalue weighted by Gasteiger charge is -2.12. The summed E-state index contributed by atoms with van der Waals surface area (Å²) in [5, 5.41) is 2.47. The maximum absolute atomic E-state index is 4.73. The Morgan fingerprint density at radius 3 is 2.74 bits per heavy atom. The molecular weight excluding hydrogens is 232 g/mol. The van der Waals surface area contributed by atoms with Crippen molar-refractivity contribution in [2.45, 2.75) is 6.92 Å². The quantitative estimate of drug-likeness (QED) is 0.456. The van der Waals surface area contributed by atoms with Crippen LogP contribution < -0.4 is 0 Å². The van der Waals surface area contributed by atoms with Crippen LogP contribution >= 0.6 is 0 Å². The van der Waals surface area contributed by atoms with Gasteiger partial charge < -0.3 is 4.57 Å². The molecule has 0 bridgehead atoms. The largest absolute Gasteiger partial charge is 0.342 e. The van der Waals surface area contributed by atoms with Gasteiger partial charge in [0.05, 0.1) is 16.9 Å². The third kappa shape index (κ3) is 1.40. The molecule has 2 aliphatic heterocycles. The van der Waals surface area contributed by atoms with Crippen molar-refractivity contribution >= 4 is 21.8 Å². The minimum Gasteiger partial charge on any atom is -0.342 e. The molecule has 19 heavy (non-hydrogen) atoms. The highest BCUT2D eigenvalue weighted by molar-refractivity contribution is 6.00. The molecule has 0 fully saturated rings. The van der Waals surface area contributed by atoms with Crippen LogP contribution in [0.4, 0.5) is 0 Å². The Balaban J connectivity index is 2.27. The molecule has 92 valence electrons. The monoisotopic (exact) mass is 246 g/mol. The zero-order valence-electron chi connectivity index (χ0n) is 11.0. The van der Waals surface area contributed by atoms with Crippen molar-refractivity contribution in [2.75, 3.05) is 0 Å². The van der Waals surface area contributed by atoms with Crippen molar-refractivity contribution in [1.29, 1.82) is 0 Å². The molecule has 4 rings (SSSR count). The molecule has 2 aromatic rings. The number of fused-ring (bicyclic) bond motifs is 4. The number of nitrogens with zero attached hydrogens (tertiary/aromatic N) is 2. The highest BCUT2D eigenvalue weighted by atomic mass is 15.0. The number of hydrogen-bond donors (Lipinski definition) is 0. The van der Waals surface area contributed by atoms with Gasteiger partial charge >= 0.3 is 0 Å². The van der Waals surface area contributed by atoms with Crippen molar-refractivity contribution in [3.63, 3.8) is 0 Å². The lowest BCUT2D eigenvalue weighted by atomic mass is 10.1. The first-order valence-corrected chi connectivity index (χ1v) is 6.48. The number of benzene rings is 2. The number of hydrogen-bond acceptors (Lipinski definition) is 1. The van der Waals surface area contributed by atoms with Crippen molar-refractivity contribution < 1.29 is 0 Å². The van der Waals surface area contributed by atoms with Crippen molar-refractivity contribution in [3.05, 3.63) is 54.1 Å². The van der Waals surface area contributed by atoms with Crippen LogP contribution in [-0.4, -0.2) is 9.55 Å². The van der Waals surface area contributed by atoms with E-state index in [1.54, 1.807) is 0 Å². The summed E-state index contributed by atoms with van der Waals surface area (Å²) in [5.74, 6) is 0. The molecule has 0 aliphatic carbocycles. The summed E-state index contributed by atoms with van der Waals surface area (Å²) in [5.41, 5.74) is 5.88. The van der Waals surface area contributed by atoms with E-state index in [0.717, 1.165) is 11.2 Å². The summed E-state index contributed by atoms with van der Waals surface area (Å²) >= 11 is 0. The van der Waals surface area contributed by atoms with E-state index < -0.39 is 0 Å². The molecule has 0 atom stereocenters. The van der Waals surface area contributed by atoms with Gasteiger partial charge in [0.25, 0.3) is 0 Å². The zero-order valence-corrected chi connectivity index (χ0v) is 11.0. The van der Waals surface area contributed by atoms with Crippen LogP contribution in [0.15, 0.2) is 48.5 Å². The van der Waals surface area contributed by atoms with Crippen LogP contribution in [0, 0.1) is 6.92 Å². The molecule has 0 aromatic heterocycles. The molecule has 0 saturated carbocycles. The van der Waals surface area contributed by atoms with Crippen LogP contribution in [-0.2, 0) is 7.05 Å². The third-order valence-electron chi connectivity index (χ3n) is 3.81. The van der Waals surface area contributed by atoms with E-state index in [-0.39, 0.29) is 0 Å². The summed E-state index contributed by atoms with van der Waals surface area (Å²) in [4.78, 5) is 4.73. The van der Waals surface area contributed by atoms with Gasteiger partial charge in [0.2, 0.25) is 0 Å². The third-order valence-corrected chi connectivity index (χ3v) is 3.81. The molecule has 0 spiro atoms. The van der Waals surface area contributed by atoms with E-state index in [0.29, 0.717) is 0 Å². The summed E-state index contributed by atoms with van der Waals surface area (Å²) in [6.07, 6.45) is 0. The van der Waals surface area contributed by atoms with E-state index >= 15 is 0 Å². The second-order valence-corrected chi connectivity index (χ2v) is 5.13. The van der Waals surface area contributed by atoms with E-state index in [1.807, 2.05) is 6.07 Å². The second kappa shape index (κ2) is 3.58. The first-order chi connectivity index (χ1) is 9.24. The van der Waals surface area contributed by atoms with Gasteiger partial charge in [-0.2, -0.15) is 0 Å². The molecule has 2 heterocycles. The Morgan fingerprint density at radius 1 is 1.00 bits per heavy atom. The molecular formula is C17H14N2. The van der Waals surface area contributed by atoms with Crippen LogP contribution in [0.1, 0.15) is 5.56 Å². The Hall–Kier alpha value is -2.35. The summed E-state index contributed by atoms with van der Waals surface area (Å²) < 4.78 is 2.25. The normalized spacial score (nSPS) is 11.7. The van der Waals surface area contributed by atoms with E-state index in [9.17, 15) is 0 Å². The van der Waals surface area contributed by atoms with Gasteiger partial charge in [-0.25, -0.2) is 4.98 Å². The van der Waals surface area contributed by atoms with Crippen LogP contribution in [0.25, 0.3) is 33.2 Å². The molecule has 2 nitrogen and oxygen atoms in total. The maximum Gasteiger partial charge on any atom is 0.0887 e. The van der Waals surface area contributed by atoms with E-state index in [2.05, 4.69) is 61.0 Å². The number of aromatic nitrogens is 2. The van der Waals surface area contributed by atoms with Gasteiger partial charge in [-0.3, -0.25) is 0 Å². The van der Waals surface area contributed by atoms with Crippen LogP contribution in [0.3, 0.4) is 0 Å². The molecule has 2 aliphatic rings. The first-order valence-electron chi connectivity index (χ1n) is 6.48. The summed E-state index contributed by atoms with van der Waals surface area (Å²) in [7, 11) is 2.12. The molecule has 0 N–H and O–H groups in total. The first kappa shape index (κ1) is 10.6. The van der Waals surface area contributed by atoms with E-state index in [1.165, 1.54) is 27.5 Å². The average Bonchev–Trinajstić information content (AvgIpc) is 2.76. The highest BCUT2D eigenvalue weighted by Gasteiger charge is 2.15. The number of para-hydroxylation sites is 1. The lowest BCUT2D eigenvalue weighted by Crippen LogP contribution is -1.98. The fourth-order valence-corrected chi connectivity index (χ4v) is 2.91. The predicted molar refractivity (Wildman–Crippen MR) is 79.6 cm³/mol. The van der Waals surface area contributed by atoms with Gasteiger partial charge in [-0.1, -0.05) is 29.8 Å². The van der Waals surface area contributed by atoms with Crippen LogP contribution in [0.2, 0.25) is 0 Å². The molecule has 0 unspecified atom stereocenters. The van der Waals surface area contributed by atoms with Gasteiger partial charge in [-0.15, -0.1) is 0 Å². The summed E-state index contributed by atoms with van der Waals surface area (Å²) in [6, 6.07) is 17.1. The highest BCUT2D eigenvalue weighted by Crippen LogP contribution is 2.34. The van der Waals surface area contributed by atoms with Gasteiger partial charge in [-0.05, 0) is 31.2 Å². The standard InChI is InChI=1S/C17H14N2/c1-11-7-8-16-12(9-11)10-15-17(19(16)2)13-5-3-4-6-14(13)18-15/h3-10H,1-2H3. The fourth-order valence-electron chi connectivity index (χ4n) is 2.91. The number of pyridine rings is 1. The topological polar surface area (TPSA) is 17.8 Å². The Kier molecular flexibility index (Phi) is 1.99. The Morgan fingerprint density at radius 2 is 1.84 bits per heavy atom. The molecule has 0 saturated heterocycles. The SMILES string of the molecule is Cc1ccc2c(c1)cc1nc3ccccc3c-1n2C. The molecule has 0 radical (unpaired) electrons. The minimum absolute atomic E-state index is 1.07. The van der Waals surface area contributed by atoms with Gasteiger partial charge in [0.15, 0.2) is 0 Å². The second-order valence-electron chi connectivity index (χ2n) is 5.13. The predicted octanol–water partition coefficient (Wildman–Crippen LogP) is 4.14. The van der Waals surface area contributed by atoms with Gasteiger partial charge in [0, 0.05) is 23.3 Å². The van der Waals surface area contributed by atoms with Crippen molar-refractivity contribution in [2.24, 2.45) is 7.05 Å². The molecule has 2 heteroatoms. The number of aryl methyl sites for hydroxylation is 2. The van der Waals surface area contributed by atoms with Crippen LogP contribution in [0.5, 0.6) is 0 Å². The smallest absolute Gasteiger partial charge is 0.0887 e. The van der Waals surface area contributed by atoms with E-state index in [4.69, 9.17) is 4.98 Å². The average molecular weight is 246 g/mol. The Labute approximate surface area is 111 Å². The molecule has 0 amide bonds. The Bertz CT molecular complexity index is 887. The maximum atomic E-state index is 4.73. The van der Waals surface area contributed by atoms with Crippen molar-refractivity contribution in [3.8, 4) is 11.4 Å².